The molecule has 0 spiro atoms. The quantitative estimate of drug-likeness (QED) is 0.702. The van der Waals surface area contributed by atoms with Gasteiger partial charge in [-0.25, -0.2) is 0 Å². The van der Waals surface area contributed by atoms with Crippen molar-refractivity contribution in [3.05, 3.63) is 0 Å². The van der Waals surface area contributed by atoms with Gasteiger partial charge in [0.25, 0.3) is 0 Å². The number of carbonyl (C=O) groups is 1. The monoisotopic (exact) mass is 190 g/mol. The van der Waals surface area contributed by atoms with Crippen LogP contribution in [0.1, 0.15) is 19.3 Å². The molecule has 0 aliphatic carbocycles. The standard InChI is InChI=1S/C8H14O5/c1-11-7-3-4-8(12-2,13-7)5-6(9)10/h7H,3-5H2,1-2H3,(H,9,10). The molecule has 1 aliphatic rings. The van der Waals surface area contributed by atoms with Crippen molar-refractivity contribution in [2.24, 2.45) is 0 Å². The molecule has 1 N–H and O–H groups in total. The third-order valence-corrected chi connectivity index (χ3v) is 2.16. The van der Waals surface area contributed by atoms with Crippen LogP contribution < -0.4 is 0 Å². The number of methoxy groups -OCH3 is 2. The normalized spacial score (nSPS) is 33.5. The van der Waals surface area contributed by atoms with E-state index in [1.807, 2.05) is 0 Å². The maximum atomic E-state index is 10.5. The Morgan fingerprint density at radius 2 is 2.38 bits per heavy atom. The van der Waals surface area contributed by atoms with Gasteiger partial charge in [-0.15, -0.1) is 0 Å². The molecule has 2 atom stereocenters. The SMILES string of the molecule is COC1CCC(CC(=O)O)(OC)O1. The number of ether oxygens (including phenoxy) is 3. The first-order valence-corrected chi connectivity index (χ1v) is 4.09. The average Bonchev–Trinajstić information content (AvgIpc) is 2.48. The third-order valence-electron chi connectivity index (χ3n) is 2.16. The lowest BCUT2D eigenvalue weighted by atomic mass is 10.1. The molecule has 5 nitrogen and oxygen atoms in total. The minimum Gasteiger partial charge on any atom is -0.481 e. The van der Waals surface area contributed by atoms with Crippen LogP contribution in [0.3, 0.4) is 0 Å². The summed E-state index contributed by atoms with van der Waals surface area (Å²) in [7, 11) is 2.97. The van der Waals surface area contributed by atoms with E-state index in [-0.39, 0.29) is 12.7 Å². The lowest BCUT2D eigenvalue weighted by molar-refractivity contribution is -0.258. The zero-order chi connectivity index (χ0) is 9.90. The molecule has 13 heavy (non-hydrogen) atoms. The van der Waals surface area contributed by atoms with Crippen LogP contribution in [-0.2, 0) is 19.0 Å². The van der Waals surface area contributed by atoms with Crippen LogP contribution in [0.4, 0.5) is 0 Å². The highest BCUT2D eigenvalue weighted by molar-refractivity contribution is 5.67. The smallest absolute Gasteiger partial charge is 0.308 e. The van der Waals surface area contributed by atoms with E-state index < -0.39 is 11.8 Å². The van der Waals surface area contributed by atoms with Crippen LogP contribution in [0.5, 0.6) is 0 Å². The van der Waals surface area contributed by atoms with E-state index in [4.69, 9.17) is 19.3 Å². The van der Waals surface area contributed by atoms with Gasteiger partial charge in [0.15, 0.2) is 12.1 Å². The Balaban J connectivity index is 2.57. The molecule has 2 unspecified atom stereocenters. The van der Waals surface area contributed by atoms with E-state index in [9.17, 15) is 4.79 Å². The Kier molecular flexibility index (Phi) is 3.24. The van der Waals surface area contributed by atoms with Crippen molar-refractivity contribution in [1.82, 2.24) is 0 Å². The summed E-state index contributed by atoms with van der Waals surface area (Å²) >= 11 is 0. The molecule has 0 radical (unpaired) electrons. The average molecular weight is 190 g/mol. The Hall–Kier alpha value is -0.650. The topological polar surface area (TPSA) is 65.0 Å². The van der Waals surface area contributed by atoms with Gasteiger partial charge in [-0.05, 0) is 0 Å². The van der Waals surface area contributed by atoms with Crippen molar-refractivity contribution in [2.45, 2.75) is 31.3 Å². The van der Waals surface area contributed by atoms with E-state index in [1.165, 1.54) is 14.2 Å². The Morgan fingerprint density at radius 3 is 2.77 bits per heavy atom. The summed E-state index contributed by atoms with van der Waals surface area (Å²) in [5.41, 5.74) is 0. The number of aliphatic carboxylic acids is 1. The van der Waals surface area contributed by atoms with Crippen molar-refractivity contribution in [3.8, 4) is 0 Å². The molecule has 5 heteroatoms. The van der Waals surface area contributed by atoms with Crippen LogP contribution >= 0.6 is 0 Å². The van der Waals surface area contributed by atoms with Crippen molar-refractivity contribution in [1.29, 1.82) is 0 Å². The summed E-state index contributed by atoms with van der Waals surface area (Å²) in [6.45, 7) is 0. The molecule has 0 amide bonds. The summed E-state index contributed by atoms with van der Waals surface area (Å²) < 4.78 is 15.3. The van der Waals surface area contributed by atoms with Crippen LogP contribution in [-0.4, -0.2) is 37.4 Å². The molecule has 1 rings (SSSR count). The van der Waals surface area contributed by atoms with Gasteiger partial charge >= 0.3 is 5.97 Å². The van der Waals surface area contributed by atoms with Gasteiger partial charge in [-0.3, -0.25) is 4.79 Å². The summed E-state index contributed by atoms with van der Waals surface area (Å²) in [6.07, 6.45) is 0.717. The van der Waals surface area contributed by atoms with E-state index in [1.54, 1.807) is 0 Å². The summed E-state index contributed by atoms with van der Waals surface area (Å²) in [6, 6.07) is 0. The Bertz CT molecular complexity index is 193. The number of rotatable bonds is 4. The molecule has 0 aromatic heterocycles. The maximum absolute atomic E-state index is 10.5. The number of carboxylic acid groups (broad SMARTS) is 1. The van der Waals surface area contributed by atoms with E-state index >= 15 is 0 Å². The zero-order valence-electron chi connectivity index (χ0n) is 7.78. The van der Waals surface area contributed by atoms with Gasteiger partial charge < -0.3 is 19.3 Å². The molecule has 0 saturated carbocycles. The molecule has 1 aliphatic heterocycles. The fraction of sp³-hybridized carbons (Fsp3) is 0.875. The van der Waals surface area contributed by atoms with Crippen molar-refractivity contribution >= 4 is 5.97 Å². The summed E-state index contributed by atoms with van der Waals surface area (Å²) in [4.78, 5) is 10.5. The number of carboxylic acids is 1. The first-order chi connectivity index (χ1) is 6.12. The van der Waals surface area contributed by atoms with Gasteiger partial charge in [-0.2, -0.15) is 0 Å². The second kappa shape index (κ2) is 4.04. The van der Waals surface area contributed by atoms with Crippen molar-refractivity contribution in [2.75, 3.05) is 14.2 Å². The van der Waals surface area contributed by atoms with Crippen LogP contribution in [0.15, 0.2) is 0 Å². The number of hydrogen-bond donors (Lipinski definition) is 1. The predicted octanol–water partition coefficient (Wildman–Crippen LogP) is 0.587. The first-order valence-electron chi connectivity index (χ1n) is 4.09. The van der Waals surface area contributed by atoms with Crippen LogP contribution in [0.2, 0.25) is 0 Å². The molecular weight excluding hydrogens is 176 g/mol. The lowest BCUT2D eigenvalue weighted by Gasteiger charge is -2.25. The third kappa shape index (κ3) is 2.40. The fourth-order valence-electron chi connectivity index (χ4n) is 1.44. The highest BCUT2D eigenvalue weighted by Crippen LogP contribution is 2.34. The zero-order valence-corrected chi connectivity index (χ0v) is 7.78. The highest BCUT2D eigenvalue weighted by atomic mass is 16.8. The fourth-order valence-corrected chi connectivity index (χ4v) is 1.44. The second-order valence-corrected chi connectivity index (χ2v) is 3.01. The first kappa shape index (κ1) is 10.4. The maximum Gasteiger partial charge on any atom is 0.308 e. The largest absolute Gasteiger partial charge is 0.481 e. The molecule has 0 aromatic rings. The molecule has 1 saturated heterocycles. The van der Waals surface area contributed by atoms with Gasteiger partial charge in [0, 0.05) is 27.1 Å². The molecule has 0 bridgehead atoms. The van der Waals surface area contributed by atoms with Crippen molar-refractivity contribution in [3.63, 3.8) is 0 Å². The second-order valence-electron chi connectivity index (χ2n) is 3.01. The van der Waals surface area contributed by atoms with Crippen LogP contribution in [0, 0.1) is 0 Å². The number of hydrogen-bond acceptors (Lipinski definition) is 4. The summed E-state index contributed by atoms with van der Waals surface area (Å²) in [5, 5.41) is 8.63. The van der Waals surface area contributed by atoms with Crippen molar-refractivity contribution < 1.29 is 24.1 Å². The van der Waals surface area contributed by atoms with Gasteiger partial charge in [0.2, 0.25) is 0 Å². The van der Waals surface area contributed by atoms with Gasteiger partial charge in [0.1, 0.15) is 0 Å². The Morgan fingerprint density at radius 1 is 1.69 bits per heavy atom. The van der Waals surface area contributed by atoms with E-state index in [0.29, 0.717) is 12.8 Å². The molecule has 1 heterocycles. The summed E-state index contributed by atoms with van der Waals surface area (Å²) in [5.74, 6) is -1.93. The molecule has 0 aromatic carbocycles. The minimum atomic E-state index is -0.994. The minimum absolute atomic E-state index is 0.149. The lowest BCUT2D eigenvalue weighted by Crippen LogP contribution is -2.34. The molecular formula is C8H14O5. The Labute approximate surface area is 76.6 Å². The highest BCUT2D eigenvalue weighted by Gasteiger charge is 2.42. The van der Waals surface area contributed by atoms with E-state index in [2.05, 4.69) is 0 Å². The van der Waals surface area contributed by atoms with Gasteiger partial charge in [-0.1, -0.05) is 0 Å². The van der Waals surface area contributed by atoms with Crippen LogP contribution in [0.25, 0.3) is 0 Å². The molecule has 1 fully saturated rings. The van der Waals surface area contributed by atoms with E-state index in [0.717, 1.165) is 0 Å². The molecule has 76 valence electrons. The predicted molar refractivity (Wildman–Crippen MR) is 43.1 cm³/mol. The van der Waals surface area contributed by atoms with Gasteiger partial charge in [0.05, 0.1) is 6.42 Å².